The molecule has 0 saturated heterocycles. The van der Waals surface area contributed by atoms with Gasteiger partial charge in [0.15, 0.2) is 0 Å². The van der Waals surface area contributed by atoms with E-state index in [0.29, 0.717) is 12.0 Å². The smallest absolute Gasteiger partial charge is 0.323 e. The van der Waals surface area contributed by atoms with Crippen LogP contribution in [0.5, 0.6) is 6.01 Å². The fourth-order valence-electron chi connectivity index (χ4n) is 1.55. The Morgan fingerprint density at radius 3 is 2.38 bits per heavy atom. The number of hydrogen-bond donors (Lipinski definition) is 3. The molecule has 0 unspecified atom stereocenters. The van der Waals surface area contributed by atoms with Crippen molar-refractivity contribution in [1.82, 2.24) is 19.9 Å². The number of nitrogens with zero attached hydrogens (tertiary/aromatic N) is 4. The average Bonchev–Trinajstić information content (AvgIpc) is 2.42. The van der Waals surface area contributed by atoms with Gasteiger partial charge in [-0.3, -0.25) is 5.43 Å². The lowest BCUT2D eigenvalue weighted by atomic mass is 10.3. The molecule has 0 saturated carbocycles. The predicted octanol–water partition coefficient (Wildman–Crippen LogP) is 1.09. The van der Waals surface area contributed by atoms with E-state index in [0.717, 1.165) is 19.5 Å². The van der Waals surface area contributed by atoms with Gasteiger partial charge < -0.3 is 15.0 Å². The van der Waals surface area contributed by atoms with E-state index in [1.807, 2.05) is 13.8 Å². The molecule has 0 amide bonds. The summed E-state index contributed by atoms with van der Waals surface area (Å²) in [6.07, 6.45) is 0.983. The molecule has 1 aromatic heterocycles. The maximum Gasteiger partial charge on any atom is 0.323 e. The van der Waals surface area contributed by atoms with E-state index in [4.69, 9.17) is 10.6 Å². The molecule has 0 aliphatic carbocycles. The number of nitrogens with two attached hydrogens (primary N) is 1. The Kier molecular flexibility index (Phi) is 7.10. The summed E-state index contributed by atoms with van der Waals surface area (Å²) >= 11 is 0. The van der Waals surface area contributed by atoms with Crippen LogP contribution in [-0.4, -0.2) is 52.1 Å². The summed E-state index contributed by atoms with van der Waals surface area (Å²) in [5, 5.41) is 3.16. The SMILES string of the molecule is CC(C)Oc1nc(NN)nc(NCCCN(C)C(C)C)n1. The van der Waals surface area contributed by atoms with E-state index < -0.39 is 0 Å². The number of aromatic nitrogens is 3. The van der Waals surface area contributed by atoms with E-state index >= 15 is 0 Å². The van der Waals surface area contributed by atoms with Crippen molar-refractivity contribution in [2.24, 2.45) is 5.84 Å². The van der Waals surface area contributed by atoms with E-state index in [1.54, 1.807) is 0 Å². The molecule has 0 aliphatic heterocycles. The fourth-order valence-corrected chi connectivity index (χ4v) is 1.55. The first-order chi connectivity index (χ1) is 9.92. The molecule has 1 heterocycles. The fraction of sp³-hybridized carbons (Fsp3) is 0.769. The number of nitrogen functional groups attached to an aromatic ring is 1. The lowest BCUT2D eigenvalue weighted by molar-refractivity contribution is 0.222. The predicted molar refractivity (Wildman–Crippen MR) is 84.3 cm³/mol. The molecular weight excluding hydrogens is 270 g/mol. The van der Waals surface area contributed by atoms with Gasteiger partial charge in [-0.25, -0.2) is 5.84 Å². The maximum atomic E-state index is 5.47. The van der Waals surface area contributed by atoms with Gasteiger partial charge in [-0.05, 0) is 47.7 Å². The minimum absolute atomic E-state index is 0.00874. The minimum Gasteiger partial charge on any atom is -0.461 e. The Morgan fingerprint density at radius 1 is 1.14 bits per heavy atom. The van der Waals surface area contributed by atoms with Crippen LogP contribution in [0, 0.1) is 0 Å². The zero-order valence-electron chi connectivity index (χ0n) is 13.6. The van der Waals surface area contributed by atoms with Crippen molar-refractivity contribution in [3.05, 3.63) is 0 Å². The van der Waals surface area contributed by atoms with Gasteiger partial charge in [0.05, 0.1) is 6.10 Å². The lowest BCUT2D eigenvalue weighted by Crippen LogP contribution is -2.28. The highest BCUT2D eigenvalue weighted by Crippen LogP contribution is 2.11. The molecule has 0 radical (unpaired) electrons. The van der Waals surface area contributed by atoms with Crippen molar-refractivity contribution < 1.29 is 4.74 Å². The largest absolute Gasteiger partial charge is 0.461 e. The summed E-state index contributed by atoms with van der Waals surface area (Å²) < 4.78 is 5.47. The zero-order chi connectivity index (χ0) is 15.8. The van der Waals surface area contributed by atoms with Crippen LogP contribution in [-0.2, 0) is 0 Å². The highest BCUT2D eigenvalue weighted by molar-refractivity contribution is 5.34. The number of ether oxygens (including phenoxy) is 1. The van der Waals surface area contributed by atoms with Crippen LogP contribution >= 0.6 is 0 Å². The van der Waals surface area contributed by atoms with Gasteiger partial charge in [-0.2, -0.15) is 15.0 Å². The van der Waals surface area contributed by atoms with Gasteiger partial charge in [0.1, 0.15) is 0 Å². The topological polar surface area (TPSA) is 101 Å². The molecule has 4 N–H and O–H groups in total. The number of anilines is 2. The Labute approximate surface area is 126 Å². The third kappa shape index (κ3) is 6.54. The number of hydrogen-bond acceptors (Lipinski definition) is 8. The molecule has 0 spiro atoms. The van der Waals surface area contributed by atoms with Gasteiger partial charge in [0.25, 0.3) is 0 Å². The minimum atomic E-state index is -0.00874. The van der Waals surface area contributed by atoms with Crippen LogP contribution < -0.4 is 21.3 Å². The number of rotatable bonds is 9. The standard InChI is InChI=1S/C13H27N7O/c1-9(2)20(5)8-6-7-15-11-16-12(19-14)18-13(17-11)21-10(3)4/h9-10H,6-8,14H2,1-5H3,(H2,15,16,17,18,19). The first kappa shape index (κ1) is 17.4. The zero-order valence-corrected chi connectivity index (χ0v) is 13.6. The van der Waals surface area contributed by atoms with Crippen molar-refractivity contribution in [3.63, 3.8) is 0 Å². The normalized spacial score (nSPS) is 11.3. The number of nitrogens with one attached hydrogen (secondary N) is 2. The summed E-state index contributed by atoms with van der Waals surface area (Å²) in [5.74, 6) is 6.09. The first-order valence-electron chi connectivity index (χ1n) is 7.25. The van der Waals surface area contributed by atoms with Gasteiger partial charge in [-0.1, -0.05) is 0 Å². The molecule has 21 heavy (non-hydrogen) atoms. The van der Waals surface area contributed by atoms with E-state index in [1.165, 1.54) is 0 Å². The van der Waals surface area contributed by atoms with Gasteiger partial charge >= 0.3 is 6.01 Å². The molecule has 8 heteroatoms. The van der Waals surface area contributed by atoms with E-state index in [-0.39, 0.29) is 18.1 Å². The van der Waals surface area contributed by atoms with Crippen LogP contribution in [0.3, 0.4) is 0 Å². The second-order valence-electron chi connectivity index (χ2n) is 5.43. The molecule has 0 aliphatic rings. The third-order valence-electron chi connectivity index (χ3n) is 2.94. The molecule has 0 atom stereocenters. The molecular formula is C13H27N7O. The summed E-state index contributed by atoms with van der Waals surface area (Å²) in [5.41, 5.74) is 2.41. The molecule has 1 rings (SSSR count). The summed E-state index contributed by atoms with van der Waals surface area (Å²) in [6.45, 7) is 9.95. The molecule has 1 aromatic rings. The van der Waals surface area contributed by atoms with Crippen LogP contribution in [0.2, 0.25) is 0 Å². The van der Waals surface area contributed by atoms with Crippen LogP contribution in [0.25, 0.3) is 0 Å². The van der Waals surface area contributed by atoms with Crippen molar-refractivity contribution in [1.29, 1.82) is 0 Å². The molecule has 8 nitrogen and oxygen atoms in total. The maximum absolute atomic E-state index is 5.47. The second-order valence-corrected chi connectivity index (χ2v) is 5.43. The molecule has 0 bridgehead atoms. The summed E-state index contributed by atoms with van der Waals surface area (Å²) in [6, 6.07) is 0.802. The molecule has 120 valence electrons. The van der Waals surface area contributed by atoms with Gasteiger partial charge in [0, 0.05) is 12.6 Å². The summed E-state index contributed by atoms with van der Waals surface area (Å²) in [7, 11) is 2.11. The quantitative estimate of drug-likeness (QED) is 0.354. The Morgan fingerprint density at radius 2 is 1.81 bits per heavy atom. The third-order valence-corrected chi connectivity index (χ3v) is 2.94. The Balaban J connectivity index is 2.53. The van der Waals surface area contributed by atoms with Crippen molar-refractivity contribution >= 4 is 11.9 Å². The van der Waals surface area contributed by atoms with Gasteiger partial charge in [0.2, 0.25) is 11.9 Å². The van der Waals surface area contributed by atoms with Gasteiger partial charge in [-0.15, -0.1) is 0 Å². The second kappa shape index (κ2) is 8.58. The van der Waals surface area contributed by atoms with Crippen LogP contribution in [0.15, 0.2) is 0 Å². The lowest BCUT2D eigenvalue weighted by Gasteiger charge is -2.20. The Bertz CT molecular complexity index is 425. The molecule has 0 aromatic carbocycles. The van der Waals surface area contributed by atoms with E-state index in [2.05, 4.69) is 51.5 Å². The van der Waals surface area contributed by atoms with Crippen molar-refractivity contribution in [2.45, 2.75) is 46.3 Å². The first-order valence-corrected chi connectivity index (χ1v) is 7.25. The number of hydrazine groups is 1. The Hall–Kier alpha value is -1.67. The molecule has 0 fully saturated rings. The highest BCUT2D eigenvalue weighted by atomic mass is 16.5. The highest BCUT2D eigenvalue weighted by Gasteiger charge is 2.08. The summed E-state index contributed by atoms with van der Waals surface area (Å²) in [4.78, 5) is 14.7. The van der Waals surface area contributed by atoms with Crippen LogP contribution in [0.1, 0.15) is 34.1 Å². The van der Waals surface area contributed by atoms with Crippen LogP contribution in [0.4, 0.5) is 11.9 Å². The average molecular weight is 297 g/mol. The van der Waals surface area contributed by atoms with Crippen molar-refractivity contribution in [3.8, 4) is 6.01 Å². The van der Waals surface area contributed by atoms with E-state index in [9.17, 15) is 0 Å². The van der Waals surface area contributed by atoms with Crippen molar-refractivity contribution in [2.75, 3.05) is 30.9 Å². The monoisotopic (exact) mass is 297 g/mol.